The zero-order valence-electron chi connectivity index (χ0n) is 20.6. The second kappa shape index (κ2) is 9.82. The number of nitrogens with two attached hydrogens (primary N) is 1. The number of aromatic nitrogens is 4. The quantitative estimate of drug-likeness (QED) is 0.550. The maximum Gasteiger partial charge on any atom is 0.281 e. The van der Waals surface area contributed by atoms with Crippen molar-refractivity contribution >= 4 is 34.5 Å². The lowest BCUT2D eigenvalue weighted by Crippen LogP contribution is -2.50. The van der Waals surface area contributed by atoms with Gasteiger partial charge >= 0.3 is 0 Å². The predicted molar refractivity (Wildman–Crippen MR) is 146 cm³/mol. The number of anilines is 2. The van der Waals surface area contributed by atoms with E-state index in [-0.39, 0.29) is 25.9 Å². The smallest absolute Gasteiger partial charge is 0.281 e. The maximum atomic E-state index is 14.1. The van der Waals surface area contributed by atoms with Gasteiger partial charge in [0.25, 0.3) is 5.91 Å². The number of aryl methyl sites for hydroxylation is 1. The second-order valence-corrected chi connectivity index (χ2v) is 9.41. The van der Waals surface area contributed by atoms with Gasteiger partial charge in [-0.3, -0.25) is 24.2 Å². The van der Waals surface area contributed by atoms with Gasteiger partial charge in [0.2, 0.25) is 11.9 Å². The van der Waals surface area contributed by atoms with E-state index in [2.05, 4.69) is 21.7 Å². The molecule has 0 aliphatic carbocycles. The monoisotopic (exact) mass is 499 g/mol. The van der Waals surface area contributed by atoms with Gasteiger partial charge in [0.15, 0.2) is 11.5 Å². The van der Waals surface area contributed by atoms with Crippen LogP contribution in [0, 0.1) is 18.8 Å². The summed E-state index contributed by atoms with van der Waals surface area (Å²) >= 11 is 0. The number of hydrogen-bond acceptors (Lipinski definition) is 8. The lowest BCUT2D eigenvalue weighted by Gasteiger charge is -2.33. The van der Waals surface area contributed by atoms with E-state index in [1.807, 2.05) is 40.7 Å². The first kappa shape index (κ1) is 24.7. The van der Waals surface area contributed by atoms with Crippen molar-refractivity contribution in [3.05, 3.63) is 41.5 Å². The SMILES string of the molecule is C.CC#CCn1c(N2CCC[C@@H](N)C2)nc2c1C(=O)N(Cc1nc(C)c3ccccc3n1)C1=NCCN12. The number of amides is 1. The van der Waals surface area contributed by atoms with E-state index in [1.54, 1.807) is 11.8 Å². The Kier molecular flexibility index (Phi) is 6.56. The third-order valence-corrected chi connectivity index (χ3v) is 6.99. The Hall–Kier alpha value is -3.97. The van der Waals surface area contributed by atoms with Gasteiger partial charge in [-0.05, 0) is 32.8 Å². The summed E-state index contributed by atoms with van der Waals surface area (Å²) in [7, 11) is 0. The average Bonchev–Trinajstić information content (AvgIpc) is 3.51. The van der Waals surface area contributed by atoms with Crippen LogP contribution in [0.2, 0.25) is 0 Å². The fourth-order valence-corrected chi connectivity index (χ4v) is 5.30. The fourth-order valence-electron chi connectivity index (χ4n) is 5.30. The van der Waals surface area contributed by atoms with E-state index in [1.165, 1.54) is 0 Å². The summed E-state index contributed by atoms with van der Waals surface area (Å²) in [6.45, 7) is 7.21. The highest BCUT2D eigenvalue weighted by Gasteiger charge is 2.43. The minimum atomic E-state index is -0.158. The van der Waals surface area contributed by atoms with Gasteiger partial charge in [-0.1, -0.05) is 31.5 Å². The van der Waals surface area contributed by atoms with Crippen molar-refractivity contribution in [3.63, 3.8) is 0 Å². The molecule has 37 heavy (non-hydrogen) atoms. The number of imidazole rings is 1. The molecule has 1 atom stereocenters. The van der Waals surface area contributed by atoms with Gasteiger partial charge in [0.05, 0.1) is 25.2 Å². The van der Waals surface area contributed by atoms with Crippen molar-refractivity contribution in [2.75, 3.05) is 36.0 Å². The maximum absolute atomic E-state index is 14.1. The molecule has 3 aromatic rings. The number of benzene rings is 1. The van der Waals surface area contributed by atoms with Crippen LogP contribution in [-0.2, 0) is 13.1 Å². The number of rotatable bonds is 4. The van der Waals surface area contributed by atoms with Gasteiger partial charge in [-0.2, -0.15) is 4.98 Å². The highest BCUT2D eigenvalue weighted by Crippen LogP contribution is 2.35. The molecule has 0 radical (unpaired) electrons. The Balaban J connectivity index is 0.00000280. The highest BCUT2D eigenvalue weighted by molar-refractivity contribution is 6.18. The first-order valence-electron chi connectivity index (χ1n) is 12.4. The van der Waals surface area contributed by atoms with Crippen molar-refractivity contribution < 1.29 is 4.79 Å². The van der Waals surface area contributed by atoms with Crippen LogP contribution in [0.1, 0.15) is 49.2 Å². The minimum Gasteiger partial charge on any atom is -0.341 e. The van der Waals surface area contributed by atoms with Crippen molar-refractivity contribution in [2.24, 2.45) is 10.7 Å². The van der Waals surface area contributed by atoms with Crippen molar-refractivity contribution in [1.82, 2.24) is 24.4 Å². The van der Waals surface area contributed by atoms with E-state index in [4.69, 9.17) is 20.7 Å². The highest BCUT2D eigenvalue weighted by atomic mass is 16.2. The first-order chi connectivity index (χ1) is 17.5. The minimum absolute atomic E-state index is 0. The third kappa shape index (κ3) is 4.19. The average molecular weight is 500 g/mol. The molecule has 1 saturated heterocycles. The summed E-state index contributed by atoms with van der Waals surface area (Å²) in [5.74, 6) is 8.52. The molecule has 1 fully saturated rings. The van der Waals surface area contributed by atoms with Crippen LogP contribution >= 0.6 is 0 Å². The van der Waals surface area contributed by atoms with E-state index in [0.29, 0.717) is 49.5 Å². The van der Waals surface area contributed by atoms with Crippen molar-refractivity contribution in [3.8, 4) is 11.8 Å². The molecule has 0 unspecified atom stereocenters. The normalized spacial score (nSPS) is 18.7. The summed E-state index contributed by atoms with van der Waals surface area (Å²) in [6.07, 6.45) is 1.99. The van der Waals surface area contributed by atoms with E-state index in [9.17, 15) is 4.79 Å². The number of para-hydroxylation sites is 1. The number of fused-ring (bicyclic) bond motifs is 4. The molecule has 192 valence electrons. The number of hydrogen-bond donors (Lipinski definition) is 1. The van der Waals surface area contributed by atoms with Crippen LogP contribution in [0.15, 0.2) is 29.3 Å². The lowest BCUT2D eigenvalue weighted by atomic mass is 10.1. The van der Waals surface area contributed by atoms with Crippen LogP contribution in [-0.4, -0.2) is 68.5 Å². The number of carbonyl (C=O) groups is 1. The van der Waals surface area contributed by atoms with Gasteiger partial charge in [0.1, 0.15) is 5.82 Å². The molecule has 3 aliphatic rings. The van der Waals surface area contributed by atoms with Gasteiger partial charge in [0, 0.05) is 36.8 Å². The first-order valence-corrected chi connectivity index (χ1v) is 12.4. The summed E-state index contributed by atoms with van der Waals surface area (Å²) in [5, 5.41) is 1.01. The van der Waals surface area contributed by atoms with Gasteiger partial charge < -0.3 is 10.6 Å². The van der Waals surface area contributed by atoms with Crippen molar-refractivity contribution in [2.45, 2.75) is 53.2 Å². The molecule has 2 aromatic heterocycles. The van der Waals surface area contributed by atoms with Gasteiger partial charge in [-0.15, -0.1) is 5.92 Å². The molecule has 0 bridgehead atoms. The zero-order chi connectivity index (χ0) is 24.8. The van der Waals surface area contributed by atoms with Crippen LogP contribution in [0.25, 0.3) is 10.9 Å². The second-order valence-electron chi connectivity index (χ2n) is 9.41. The molecule has 10 heteroatoms. The topological polar surface area (TPSA) is 109 Å². The predicted octanol–water partition coefficient (Wildman–Crippen LogP) is 2.55. The number of nitrogens with zero attached hydrogens (tertiary/aromatic N) is 8. The van der Waals surface area contributed by atoms with Crippen LogP contribution in [0.3, 0.4) is 0 Å². The molecule has 0 spiro atoms. The van der Waals surface area contributed by atoms with Crippen LogP contribution in [0.5, 0.6) is 0 Å². The number of piperidine rings is 1. The standard InChI is InChI=1S/C26H29N9O.CH4/c1-3-4-13-33-22-23(31-26(33)32-12-7-8-18(27)15-32)34-14-11-28-25(34)35(24(22)36)16-21-29-17(2)19-9-5-6-10-20(19)30-21;/h5-6,9-10,18H,7-8,11-16,27H2,1-2H3;1H4/t18-;/m1./s1. The summed E-state index contributed by atoms with van der Waals surface area (Å²) in [5.41, 5.74) is 8.56. The zero-order valence-corrected chi connectivity index (χ0v) is 20.6. The largest absolute Gasteiger partial charge is 0.341 e. The molecular weight excluding hydrogens is 466 g/mol. The van der Waals surface area contributed by atoms with Crippen molar-refractivity contribution in [1.29, 1.82) is 0 Å². The van der Waals surface area contributed by atoms with E-state index in [0.717, 1.165) is 41.9 Å². The summed E-state index contributed by atoms with van der Waals surface area (Å²) in [4.78, 5) is 39.1. The number of carbonyl (C=O) groups excluding carboxylic acids is 1. The Morgan fingerprint density at radius 1 is 1.16 bits per heavy atom. The molecule has 6 rings (SSSR count). The molecule has 3 aliphatic heterocycles. The molecule has 5 heterocycles. The number of aliphatic imine (C=N–C) groups is 1. The summed E-state index contributed by atoms with van der Waals surface area (Å²) in [6, 6.07) is 8.00. The third-order valence-electron chi connectivity index (χ3n) is 6.99. The fraction of sp³-hybridized carbons (Fsp3) is 0.444. The van der Waals surface area contributed by atoms with E-state index < -0.39 is 0 Å². The summed E-state index contributed by atoms with van der Waals surface area (Å²) < 4.78 is 1.95. The molecule has 2 N–H and O–H groups in total. The number of guanidine groups is 1. The molecule has 10 nitrogen and oxygen atoms in total. The van der Waals surface area contributed by atoms with Crippen LogP contribution in [0.4, 0.5) is 11.8 Å². The molecule has 1 amide bonds. The molecule has 1 aromatic carbocycles. The Bertz CT molecular complexity index is 1450. The van der Waals surface area contributed by atoms with Gasteiger partial charge in [-0.25, -0.2) is 9.97 Å². The molecule has 0 saturated carbocycles. The lowest BCUT2D eigenvalue weighted by molar-refractivity contribution is 0.0821. The Morgan fingerprint density at radius 3 is 2.81 bits per heavy atom. The van der Waals surface area contributed by atoms with E-state index >= 15 is 0 Å². The Labute approximate surface area is 217 Å². The molecular formula is C27H33N9O. The Morgan fingerprint density at radius 2 is 2.00 bits per heavy atom. The van der Waals surface area contributed by atoms with Crippen LogP contribution < -0.4 is 15.5 Å².